The summed E-state index contributed by atoms with van der Waals surface area (Å²) in [4.78, 5) is -0.133. The third-order valence-corrected chi connectivity index (χ3v) is 5.04. The second-order valence-electron chi connectivity index (χ2n) is 4.09. The molecule has 0 spiro atoms. The first-order valence-electron chi connectivity index (χ1n) is 5.75. The quantitative estimate of drug-likeness (QED) is 0.809. The predicted octanol–water partition coefficient (Wildman–Crippen LogP) is 3.25. The van der Waals surface area contributed by atoms with Crippen LogP contribution in [0.1, 0.15) is 6.92 Å². The molecule has 0 amide bonds. The van der Waals surface area contributed by atoms with Crippen molar-refractivity contribution in [3.05, 3.63) is 33.4 Å². The fourth-order valence-corrected chi connectivity index (χ4v) is 3.38. The minimum absolute atomic E-state index is 0.0967. The Morgan fingerprint density at radius 2 is 1.86 bits per heavy atom. The Morgan fingerprint density at radius 3 is 2.43 bits per heavy atom. The summed E-state index contributed by atoms with van der Waals surface area (Å²) in [6.45, 7) is 2.30. The third-order valence-electron chi connectivity index (χ3n) is 2.62. The summed E-state index contributed by atoms with van der Waals surface area (Å²) < 4.78 is 28.4. The maximum absolute atomic E-state index is 12.3. The van der Waals surface area contributed by atoms with E-state index in [1.165, 1.54) is 23.0 Å². The lowest BCUT2D eigenvalue weighted by molar-refractivity contribution is 0.600. The van der Waals surface area contributed by atoms with Crippen LogP contribution in [0.4, 0.5) is 11.5 Å². The molecule has 1 aromatic heterocycles. The van der Waals surface area contributed by atoms with Crippen LogP contribution in [-0.2, 0) is 16.6 Å². The van der Waals surface area contributed by atoms with E-state index in [1.807, 2.05) is 6.92 Å². The highest BCUT2D eigenvalue weighted by Crippen LogP contribution is 2.33. The van der Waals surface area contributed by atoms with Crippen LogP contribution in [0.3, 0.4) is 0 Å². The van der Waals surface area contributed by atoms with Crippen LogP contribution < -0.4 is 10.5 Å². The molecule has 0 bridgehead atoms. The number of hydrogen-bond donors (Lipinski definition) is 2. The number of rotatable bonds is 4. The van der Waals surface area contributed by atoms with E-state index < -0.39 is 10.0 Å². The molecule has 0 aliphatic carbocycles. The molecule has 2 rings (SSSR count). The van der Waals surface area contributed by atoms with Crippen molar-refractivity contribution in [1.29, 1.82) is 0 Å². The number of nitrogens with zero attached hydrogens (tertiary/aromatic N) is 2. The SMILES string of the molecule is CCn1cc(S(=O)(=O)Nc2cc(Cl)c(Cl)cc2Cl)c(N)n1. The molecule has 3 N–H and O–H groups in total. The number of halogens is 3. The number of sulfonamides is 1. The topological polar surface area (TPSA) is 90.0 Å². The molecule has 0 radical (unpaired) electrons. The minimum Gasteiger partial charge on any atom is -0.381 e. The Kier molecular flexibility index (Phi) is 4.57. The first-order valence-corrected chi connectivity index (χ1v) is 8.36. The lowest BCUT2D eigenvalue weighted by Gasteiger charge is -2.09. The number of hydrogen-bond acceptors (Lipinski definition) is 4. The van der Waals surface area contributed by atoms with Crippen molar-refractivity contribution >= 4 is 56.3 Å². The van der Waals surface area contributed by atoms with Crippen molar-refractivity contribution in [2.45, 2.75) is 18.4 Å². The Labute approximate surface area is 136 Å². The number of benzene rings is 1. The van der Waals surface area contributed by atoms with Gasteiger partial charge in [0, 0.05) is 12.7 Å². The Balaban J connectivity index is 2.42. The van der Waals surface area contributed by atoms with Gasteiger partial charge in [-0.3, -0.25) is 9.40 Å². The molecule has 21 heavy (non-hydrogen) atoms. The molecule has 0 saturated carbocycles. The van der Waals surface area contributed by atoms with Gasteiger partial charge in [0.25, 0.3) is 10.0 Å². The number of nitrogens with one attached hydrogen (secondary N) is 1. The summed E-state index contributed by atoms with van der Waals surface area (Å²) in [5.41, 5.74) is 5.72. The van der Waals surface area contributed by atoms with Gasteiger partial charge in [-0.1, -0.05) is 34.8 Å². The maximum atomic E-state index is 12.3. The molecule has 2 aromatic rings. The van der Waals surface area contributed by atoms with E-state index in [9.17, 15) is 8.42 Å². The standard InChI is InChI=1S/C11H11Cl3N4O2S/c1-2-18-5-10(11(15)16-18)21(19,20)17-9-4-7(13)6(12)3-8(9)14/h3-5,17H,2H2,1H3,(H2,15,16). The zero-order valence-corrected chi connectivity index (χ0v) is 13.9. The van der Waals surface area contributed by atoms with Gasteiger partial charge in [0.05, 0.1) is 20.8 Å². The lowest BCUT2D eigenvalue weighted by Crippen LogP contribution is -2.14. The van der Waals surface area contributed by atoms with E-state index in [2.05, 4.69) is 9.82 Å². The Bertz CT molecular complexity index is 789. The van der Waals surface area contributed by atoms with Crippen molar-refractivity contribution in [3.8, 4) is 0 Å². The zero-order chi connectivity index (χ0) is 15.8. The largest absolute Gasteiger partial charge is 0.381 e. The van der Waals surface area contributed by atoms with Crippen LogP contribution in [0.15, 0.2) is 23.2 Å². The third kappa shape index (κ3) is 3.37. The second-order valence-corrected chi connectivity index (χ2v) is 6.96. The van der Waals surface area contributed by atoms with E-state index in [-0.39, 0.29) is 31.5 Å². The van der Waals surface area contributed by atoms with Crippen LogP contribution in [-0.4, -0.2) is 18.2 Å². The van der Waals surface area contributed by atoms with E-state index >= 15 is 0 Å². The average Bonchev–Trinajstić information content (AvgIpc) is 2.78. The molecule has 0 aliphatic rings. The van der Waals surface area contributed by atoms with Gasteiger partial charge in [-0.15, -0.1) is 0 Å². The number of nitrogen functional groups attached to an aromatic ring is 1. The van der Waals surface area contributed by atoms with Gasteiger partial charge in [-0.25, -0.2) is 8.42 Å². The van der Waals surface area contributed by atoms with Crippen molar-refractivity contribution < 1.29 is 8.42 Å². The summed E-state index contributed by atoms with van der Waals surface area (Å²) in [7, 11) is -3.93. The van der Waals surface area contributed by atoms with Crippen LogP contribution in [0.2, 0.25) is 15.1 Å². The molecule has 10 heteroatoms. The average molecular weight is 370 g/mol. The smallest absolute Gasteiger partial charge is 0.267 e. The highest BCUT2D eigenvalue weighted by atomic mass is 35.5. The molecule has 114 valence electrons. The normalized spacial score (nSPS) is 11.6. The fourth-order valence-electron chi connectivity index (χ4n) is 1.59. The van der Waals surface area contributed by atoms with Crippen molar-refractivity contribution in [3.63, 3.8) is 0 Å². The van der Waals surface area contributed by atoms with Crippen LogP contribution in [0, 0.1) is 0 Å². The molecule has 0 fully saturated rings. The molecular weight excluding hydrogens is 359 g/mol. The number of aromatic nitrogens is 2. The molecule has 6 nitrogen and oxygen atoms in total. The molecule has 0 unspecified atom stereocenters. The second kappa shape index (κ2) is 5.92. The van der Waals surface area contributed by atoms with Crippen LogP contribution in [0.5, 0.6) is 0 Å². The van der Waals surface area contributed by atoms with Gasteiger partial charge in [0.15, 0.2) is 5.82 Å². The maximum Gasteiger partial charge on any atom is 0.267 e. The van der Waals surface area contributed by atoms with Crippen molar-refractivity contribution in [2.24, 2.45) is 0 Å². The molecule has 0 atom stereocenters. The number of aryl methyl sites for hydroxylation is 1. The Hall–Kier alpha value is -1.15. The monoisotopic (exact) mass is 368 g/mol. The molecule has 0 aliphatic heterocycles. The van der Waals surface area contributed by atoms with Gasteiger partial charge >= 0.3 is 0 Å². The van der Waals surface area contributed by atoms with Gasteiger partial charge in [-0.2, -0.15) is 5.10 Å². The van der Waals surface area contributed by atoms with E-state index in [0.717, 1.165) is 0 Å². The highest BCUT2D eigenvalue weighted by Gasteiger charge is 2.22. The highest BCUT2D eigenvalue weighted by molar-refractivity contribution is 7.92. The molecule has 1 heterocycles. The van der Waals surface area contributed by atoms with E-state index in [0.29, 0.717) is 6.54 Å². The summed E-state index contributed by atoms with van der Waals surface area (Å²) in [6, 6.07) is 2.67. The van der Waals surface area contributed by atoms with Crippen molar-refractivity contribution in [1.82, 2.24) is 9.78 Å². The number of nitrogens with two attached hydrogens (primary N) is 1. The minimum atomic E-state index is -3.93. The van der Waals surface area contributed by atoms with Gasteiger partial charge in [0.2, 0.25) is 0 Å². The summed E-state index contributed by atoms with van der Waals surface area (Å²) in [5.74, 6) is -0.0967. The Morgan fingerprint density at radius 1 is 1.24 bits per heavy atom. The van der Waals surface area contributed by atoms with Crippen LogP contribution >= 0.6 is 34.8 Å². The molecule has 0 saturated heterocycles. The predicted molar refractivity (Wildman–Crippen MR) is 84.6 cm³/mol. The summed E-state index contributed by atoms with van der Waals surface area (Å²) in [5, 5.41) is 4.41. The van der Waals surface area contributed by atoms with Gasteiger partial charge in [-0.05, 0) is 19.1 Å². The fraction of sp³-hybridized carbons (Fsp3) is 0.182. The van der Waals surface area contributed by atoms with Gasteiger partial charge < -0.3 is 5.73 Å². The first kappa shape index (κ1) is 16.2. The van der Waals surface area contributed by atoms with Gasteiger partial charge in [0.1, 0.15) is 4.90 Å². The molecule has 1 aromatic carbocycles. The summed E-state index contributed by atoms with van der Waals surface area (Å²) >= 11 is 17.6. The van der Waals surface area contributed by atoms with E-state index in [4.69, 9.17) is 40.5 Å². The first-order chi connectivity index (χ1) is 9.74. The zero-order valence-electron chi connectivity index (χ0n) is 10.8. The van der Waals surface area contributed by atoms with Crippen molar-refractivity contribution in [2.75, 3.05) is 10.5 Å². The van der Waals surface area contributed by atoms with E-state index in [1.54, 1.807) is 0 Å². The number of anilines is 2. The summed E-state index contributed by atoms with van der Waals surface area (Å²) in [6.07, 6.45) is 1.34. The molecular formula is C11H11Cl3N4O2S. The lowest BCUT2D eigenvalue weighted by atomic mass is 10.3. The van der Waals surface area contributed by atoms with Crippen LogP contribution in [0.25, 0.3) is 0 Å².